The molecule has 7 nitrogen and oxygen atoms in total. The predicted octanol–water partition coefficient (Wildman–Crippen LogP) is 2.98. The molecule has 2 N–H and O–H groups in total. The molecule has 4 rings (SSSR count). The second kappa shape index (κ2) is 7.11. The van der Waals surface area contributed by atoms with Gasteiger partial charge in [0, 0.05) is 11.6 Å². The molecule has 1 amide bonds. The van der Waals surface area contributed by atoms with Gasteiger partial charge in [0.2, 0.25) is 11.0 Å². The number of benzene rings is 1. The van der Waals surface area contributed by atoms with E-state index >= 15 is 0 Å². The van der Waals surface area contributed by atoms with E-state index in [0.717, 1.165) is 35.2 Å². The van der Waals surface area contributed by atoms with Crippen LogP contribution in [0.1, 0.15) is 44.4 Å². The lowest BCUT2D eigenvalue weighted by Crippen LogP contribution is -2.24. The number of amides is 1. The maximum Gasteiger partial charge on any atom is 0.282 e. The number of para-hydroxylation sites is 1. The van der Waals surface area contributed by atoms with Crippen molar-refractivity contribution in [2.75, 3.05) is 0 Å². The molecule has 1 fully saturated rings. The number of rotatable bonds is 6. The number of aromatic amines is 1. The van der Waals surface area contributed by atoms with Gasteiger partial charge in [0.05, 0.1) is 21.5 Å². The van der Waals surface area contributed by atoms with Crippen molar-refractivity contribution in [3.05, 3.63) is 45.9 Å². The van der Waals surface area contributed by atoms with E-state index < -0.39 is 0 Å². The average molecular weight is 383 g/mol. The molecular weight excluding hydrogens is 362 g/mol. The smallest absolute Gasteiger partial charge is 0.282 e. The van der Waals surface area contributed by atoms with Gasteiger partial charge in [-0.1, -0.05) is 36.8 Å². The van der Waals surface area contributed by atoms with Crippen LogP contribution in [0.4, 0.5) is 0 Å². The molecule has 27 heavy (non-hydrogen) atoms. The van der Waals surface area contributed by atoms with Crippen LogP contribution in [0.2, 0.25) is 0 Å². The average Bonchev–Trinajstić information content (AvgIpc) is 3.34. The zero-order chi connectivity index (χ0) is 19.0. The number of hydrazone groups is 1. The number of H-pyrrole nitrogens is 1. The third-order valence-corrected chi connectivity index (χ3v) is 5.60. The van der Waals surface area contributed by atoms with E-state index in [0.29, 0.717) is 22.8 Å². The van der Waals surface area contributed by atoms with Gasteiger partial charge >= 0.3 is 0 Å². The molecule has 2 heterocycles. The Kier molecular flexibility index (Phi) is 4.65. The molecule has 0 radical (unpaired) electrons. The lowest BCUT2D eigenvalue weighted by molar-refractivity contribution is -0.122. The molecule has 2 aromatic heterocycles. The van der Waals surface area contributed by atoms with E-state index in [4.69, 9.17) is 0 Å². The van der Waals surface area contributed by atoms with Gasteiger partial charge < -0.3 is 0 Å². The lowest BCUT2D eigenvalue weighted by atomic mass is 10.1. The Morgan fingerprint density at radius 1 is 1.41 bits per heavy atom. The molecule has 1 aromatic carbocycles. The van der Waals surface area contributed by atoms with E-state index in [1.807, 2.05) is 24.3 Å². The number of nitrogens with zero attached hydrogens (tertiary/aromatic N) is 3. The van der Waals surface area contributed by atoms with Gasteiger partial charge in [0.25, 0.3) is 5.56 Å². The van der Waals surface area contributed by atoms with Crippen molar-refractivity contribution in [1.29, 1.82) is 0 Å². The number of carbonyl (C=O) groups is 1. The second-order valence-electron chi connectivity index (χ2n) is 6.77. The predicted molar refractivity (Wildman–Crippen MR) is 107 cm³/mol. The normalized spacial score (nSPS) is 14.7. The Hall–Kier alpha value is -2.74. The van der Waals surface area contributed by atoms with Crippen LogP contribution in [0, 0.1) is 5.92 Å². The Morgan fingerprint density at radius 2 is 2.19 bits per heavy atom. The number of hydrogen-bond donors (Lipinski definition) is 2. The largest absolute Gasteiger partial charge is 0.292 e. The van der Waals surface area contributed by atoms with Crippen LogP contribution in [0.5, 0.6) is 0 Å². The fourth-order valence-corrected chi connectivity index (χ4v) is 3.93. The molecule has 0 aliphatic heterocycles. The van der Waals surface area contributed by atoms with Crippen LogP contribution < -0.4 is 11.0 Å². The van der Waals surface area contributed by atoms with Gasteiger partial charge in [-0.15, -0.1) is 0 Å². The van der Waals surface area contributed by atoms with E-state index in [-0.39, 0.29) is 17.4 Å². The highest BCUT2D eigenvalue weighted by Crippen LogP contribution is 2.28. The lowest BCUT2D eigenvalue weighted by Gasteiger charge is -2.01. The van der Waals surface area contributed by atoms with Crippen molar-refractivity contribution in [1.82, 2.24) is 20.2 Å². The summed E-state index contributed by atoms with van der Waals surface area (Å²) in [6.07, 6.45) is 3.42. The van der Waals surface area contributed by atoms with Crippen molar-refractivity contribution >= 4 is 33.2 Å². The van der Waals surface area contributed by atoms with Crippen LogP contribution in [-0.2, 0) is 11.2 Å². The first kappa shape index (κ1) is 17.7. The van der Waals surface area contributed by atoms with Gasteiger partial charge in [0.15, 0.2) is 0 Å². The van der Waals surface area contributed by atoms with Crippen molar-refractivity contribution < 1.29 is 4.79 Å². The molecule has 1 aliphatic rings. The summed E-state index contributed by atoms with van der Waals surface area (Å²) in [5.74, 6) is -0.00396. The zero-order valence-electron chi connectivity index (χ0n) is 15.3. The summed E-state index contributed by atoms with van der Waals surface area (Å²) >= 11 is 1.46. The summed E-state index contributed by atoms with van der Waals surface area (Å²) < 4.78 is 2.50. The number of carbonyl (C=O) groups excluding carboxylic acids is 1. The maximum absolute atomic E-state index is 13.1. The summed E-state index contributed by atoms with van der Waals surface area (Å²) in [6, 6.07) is 7.79. The number of hydrogen-bond acceptors (Lipinski definition) is 5. The van der Waals surface area contributed by atoms with E-state index in [1.165, 1.54) is 16.0 Å². The molecule has 1 aliphatic carbocycles. The molecule has 0 saturated heterocycles. The third kappa shape index (κ3) is 3.44. The van der Waals surface area contributed by atoms with Crippen LogP contribution >= 0.6 is 11.3 Å². The summed E-state index contributed by atoms with van der Waals surface area (Å²) in [5, 5.41) is 7.96. The number of aromatic nitrogens is 3. The molecular formula is C19H21N5O2S. The summed E-state index contributed by atoms with van der Waals surface area (Å²) in [6.45, 7) is 3.80. The number of aryl methyl sites for hydroxylation is 1. The quantitative estimate of drug-likeness (QED) is 0.506. The summed E-state index contributed by atoms with van der Waals surface area (Å²) in [7, 11) is 0. The van der Waals surface area contributed by atoms with Gasteiger partial charge in [-0.2, -0.15) is 9.78 Å². The molecule has 0 spiro atoms. The van der Waals surface area contributed by atoms with E-state index in [2.05, 4.69) is 27.5 Å². The van der Waals surface area contributed by atoms with Crippen LogP contribution in [0.15, 0.2) is 34.2 Å². The molecule has 140 valence electrons. The molecule has 8 heteroatoms. The van der Waals surface area contributed by atoms with Crippen molar-refractivity contribution in [2.45, 2.75) is 39.5 Å². The molecule has 0 atom stereocenters. The highest BCUT2D eigenvalue weighted by Gasteiger charge is 2.29. The summed E-state index contributed by atoms with van der Waals surface area (Å²) in [4.78, 5) is 29.5. The monoisotopic (exact) mass is 383 g/mol. The van der Waals surface area contributed by atoms with E-state index in [1.54, 1.807) is 6.92 Å². The van der Waals surface area contributed by atoms with Crippen molar-refractivity contribution in [3.63, 3.8) is 0 Å². The molecule has 0 bridgehead atoms. The van der Waals surface area contributed by atoms with Gasteiger partial charge in [-0.3, -0.25) is 14.7 Å². The maximum atomic E-state index is 13.1. The van der Waals surface area contributed by atoms with E-state index in [9.17, 15) is 9.59 Å². The van der Waals surface area contributed by atoms with Gasteiger partial charge in [-0.25, -0.2) is 10.4 Å². The van der Waals surface area contributed by atoms with Crippen molar-refractivity contribution in [2.24, 2.45) is 11.0 Å². The zero-order valence-corrected chi connectivity index (χ0v) is 16.1. The minimum atomic E-state index is -0.195. The topological polar surface area (TPSA) is 92.1 Å². The Balaban J connectivity index is 1.73. The highest BCUT2D eigenvalue weighted by atomic mass is 32.1. The summed E-state index contributed by atoms with van der Waals surface area (Å²) in [5.41, 5.74) is 5.07. The first-order chi connectivity index (χ1) is 13.1. The standard InChI is InChI=1S/C19H21N5O2S/c1-3-6-14-16(11(2)21-22-17(25)12-9-10-12)18(26)24(23-14)19-20-13-7-4-5-8-15(13)27-19/h4-5,7-8,12,23H,3,6,9-10H2,1-2H3,(H,22,25). The SMILES string of the molecule is CCCc1[nH]n(-c2nc3ccccc3s2)c(=O)c1C(C)=NNC(=O)C1CC1. The number of nitrogens with one attached hydrogen (secondary N) is 2. The van der Waals surface area contributed by atoms with Crippen LogP contribution in [0.25, 0.3) is 15.3 Å². The second-order valence-corrected chi connectivity index (χ2v) is 7.78. The highest BCUT2D eigenvalue weighted by molar-refractivity contribution is 7.20. The van der Waals surface area contributed by atoms with Crippen LogP contribution in [-0.4, -0.2) is 26.4 Å². The molecule has 3 aromatic rings. The number of fused-ring (bicyclic) bond motifs is 1. The minimum Gasteiger partial charge on any atom is -0.292 e. The van der Waals surface area contributed by atoms with Gasteiger partial charge in [0.1, 0.15) is 0 Å². The third-order valence-electron chi connectivity index (χ3n) is 4.58. The first-order valence-corrected chi connectivity index (χ1v) is 9.94. The fraction of sp³-hybridized carbons (Fsp3) is 0.368. The van der Waals surface area contributed by atoms with Crippen LogP contribution in [0.3, 0.4) is 0 Å². The Bertz CT molecular complexity index is 1050. The minimum absolute atomic E-state index is 0.0716. The van der Waals surface area contributed by atoms with Crippen molar-refractivity contribution in [3.8, 4) is 5.13 Å². The number of thiazole rings is 1. The van der Waals surface area contributed by atoms with Gasteiger partial charge in [-0.05, 0) is 38.3 Å². The molecule has 1 saturated carbocycles. The molecule has 0 unspecified atom stereocenters. The first-order valence-electron chi connectivity index (χ1n) is 9.12. The Morgan fingerprint density at radius 3 is 2.89 bits per heavy atom. The Labute approximate surface area is 160 Å². The fourth-order valence-electron chi connectivity index (χ4n) is 3.01.